The standard InChI is InChI=1S/C25H38N4O6.C2HF3O2/c1-15(2)12-18(23(33)28-27)21(24(34)29-35)25(14-16(3)4,22(32)19(26)13-20(30)31)11-10-17-8-6-5-7-9-17;3-2(4,5)1(6)7/h5-11,15-16,18-19,21,35H,12-14,26-27H2,1-4H3,(H,28,33)(H,29,34)(H,30,31);(H,6,7)/b11-10+;/t18-,19-,21-,25?;/m1./s1. The third-order valence-corrected chi connectivity index (χ3v) is 6.11. The van der Waals surface area contributed by atoms with Gasteiger partial charge in [-0.25, -0.2) is 16.1 Å². The number of carbonyl (C=O) groups excluding carboxylic acids is 3. The fourth-order valence-corrected chi connectivity index (χ4v) is 4.60. The summed E-state index contributed by atoms with van der Waals surface area (Å²) >= 11 is 0. The van der Waals surface area contributed by atoms with Crippen LogP contribution in [0.15, 0.2) is 36.4 Å². The number of carbonyl (C=O) groups is 5. The highest BCUT2D eigenvalue weighted by Crippen LogP contribution is 2.45. The Kier molecular flexibility index (Phi) is 15.6. The maximum atomic E-state index is 14.0. The summed E-state index contributed by atoms with van der Waals surface area (Å²) in [5, 5.41) is 26.1. The Morgan fingerprint density at radius 1 is 0.952 bits per heavy atom. The van der Waals surface area contributed by atoms with Gasteiger partial charge in [0, 0.05) is 0 Å². The van der Waals surface area contributed by atoms with Crippen LogP contribution in [0, 0.1) is 29.1 Å². The number of carboxylic acid groups (broad SMARTS) is 2. The van der Waals surface area contributed by atoms with Crippen LogP contribution in [0.4, 0.5) is 13.2 Å². The summed E-state index contributed by atoms with van der Waals surface area (Å²) in [7, 11) is 0. The number of hydrogen-bond acceptors (Lipinski definition) is 8. The molecule has 0 radical (unpaired) electrons. The number of alkyl halides is 3. The topological polar surface area (TPSA) is 222 Å². The number of amides is 2. The molecule has 0 aromatic heterocycles. The Hall–Kier alpha value is -3.82. The Balaban J connectivity index is 0.00000212. The van der Waals surface area contributed by atoms with Crippen molar-refractivity contribution in [1.82, 2.24) is 10.9 Å². The van der Waals surface area contributed by atoms with Crippen LogP contribution in [0.1, 0.15) is 52.5 Å². The van der Waals surface area contributed by atoms with Crippen molar-refractivity contribution in [3.05, 3.63) is 42.0 Å². The quantitative estimate of drug-likeness (QED) is 0.0711. The minimum atomic E-state index is -5.08. The molecule has 0 spiro atoms. The number of rotatable bonds is 14. The molecule has 236 valence electrons. The van der Waals surface area contributed by atoms with E-state index < -0.39 is 65.4 Å². The van der Waals surface area contributed by atoms with Crippen LogP contribution < -0.4 is 22.5 Å². The molecule has 0 fully saturated rings. The van der Waals surface area contributed by atoms with Gasteiger partial charge in [-0.1, -0.05) is 70.2 Å². The molecule has 9 N–H and O–H groups in total. The smallest absolute Gasteiger partial charge is 0.481 e. The van der Waals surface area contributed by atoms with Gasteiger partial charge < -0.3 is 15.9 Å². The monoisotopic (exact) mass is 604 g/mol. The van der Waals surface area contributed by atoms with Gasteiger partial charge in [0.25, 0.3) is 0 Å². The van der Waals surface area contributed by atoms with Gasteiger partial charge in [0.2, 0.25) is 11.8 Å². The Labute approximate surface area is 241 Å². The summed E-state index contributed by atoms with van der Waals surface area (Å²) in [4.78, 5) is 60.4. The normalized spacial score (nSPS) is 15.1. The molecule has 0 heterocycles. The molecule has 4 atom stereocenters. The number of halogens is 3. The van der Waals surface area contributed by atoms with Gasteiger partial charge in [-0.2, -0.15) is 13.2 Å². The van der Waals surface area contributed by atoms with Crippen LogP contribution in [-0.2, 0) is 24.0 Å². The largest absolute Gasteiger partial charge is 0.490 e. The molecular formula is C27H39F3N4O8. The Morgan fingerprint density at radius 3 is 1.86 bits per heavy atom. The van der Waals surface area contributed by atoms with Crippen molar-refractivity contribution in [3.63, 3.8) is 0 Å². The van der Waals surface area contributed by atoms with Crippen LogP contribution in [0.3, 0.4) is 0 Å². The predicted molar refractivity (Wildman–Crippen MR) is 145 cm³/mol. The summed E-state index contributed by atoms with van der Waals surface area (Å²) in [5.74, 6) is -3.76. The Morgan fingerprint density at radius 2 is 1.48 bits per heavy atom. The van der Waals surface area contributed by atoms with Gasteiger partial charge in [0.05, 0.1) is 29.7 Å². The number of nitrogens with one attached hydrogen (secondary N) is 2. The SMILES string of the molecule is CC(C)C[C@@H](C(=O)NN)[C@H](C(=O)NO)C(/C=C/c1ccccc1)(CC(C)C)C(=O)[C@H](N)CC(=O)O.O=C(O)C(F)(F)F. The van der Waals surface area contributed by atoms with E-state index in [4.69, 9.17) is 21.5 Å². The first-order valence-corrected chi connectivity index (χ1v) is 12.8. The molecule has 0 saturated carbocycles. The third kappa shape index (κ3) is 12.0. The van der Waals surface area contributed by atoms with Crippen molar-refractivity contribution >= 4 is 35.6 Å². The molecule has 0 aliphatic rings. The minimum absolute atomic E-state index is 0.0625. The number of nitrogens with two attached hydrogens (primary N) is 2. The van der Waals surface area contributed by atoms with Gasteiger partial charge in [-0.3, -0.25) is 29.8 Å². The number of allylic oxidation sites excluding steroid dienone is 1. The molecule has 0 aliphatic heterocycles. The fraction of sp³-hybridized carbons (Fsp3) is 0.519. The molecule has 1 unspecified atom stereocenters. The lowest BCUT2D eigenvalue weighted by Gasteiger charge is -2.42. The zero-order valence-electron chi connectivity index (χ0n) is 23.7. The van der Waals surface area contributed by atoms with Gasteiger partial charge in [0.15, 0.2) is 5.78 Å². The Bertz CT molecular complexity index is 1100. The van der Waals surface area contributed by atoms with Crippen LogP contribution in [0.25, 0.3) is 6.08 Å². The van der Waals surface area contributed by atoms with Crippen LogP contribution in [0.2, 0.25) is 0 Å². The summed E-state index contributed by atoms with van der Waals surface area (Å²) in [6.07, 6.45) is -2.36. The average molecular weight is 605 g/mol. The molecule has 1 aromatic rings. The summed E-state index contributed by atoms with van der Waals surface area (Å²) in [6, 6.07) is 7.53. The maximum Gasteiger partial charge on any atom is 0.490 e. The lowest BCUT2D eigenvalue weighted by molar-refractivity contribution is -0.192. The highest BCUT2D eigenvalue weighted by Gasteiger charge is 2.53. The first-order chi connectivity index (χ1) is 19.3. The summed E-state index contributed by atoms with van der Waals surface area (Å²) in [6.45, 7) is 7.34. The van der Waals surface area contributed by atoms with Crippen LogP contribution in [-0.4, -0.2) is 57.2 Å². The average Bonchev–Trinajstić information content (AvgIpc) is 2.89. The van der Waals surface area contributed by atoms with Crippen LogP contribution in [0.5, 0.6) is 0 Å². The fourth-order valence-electron chi connectivity index (χ4n) is 4.60. The second-order valence-corrected chi connectivity index (χ2v) is 10.5. The molecule has 15 heteroatoms. The van der Waals surface area contributed by atoms with E-state index >= 15 is 0 Å². The predicted octanol–water partition coefficient (Wildman–Crippen LogP) is 2.51. The number of hydroxylamine groups is 1. The first-order valence-electron chi connectivity index (χ1n) is 12.8. The lowest BCUT2D eigenvalue weighted by atomic mass is 9.59. The van der Waals surface area contributed by atoms with Crippen LogP contribution >= 0.6 is 0 Å². The number of hydrogen-bond donors (Lipinski definition) is 7. The highest BCUT2D eigenvalue weighted by molar-refractivity contribution is 6.00. The van der Waals surface area contributed by atoms with Crippen molar-refractivity contribution in [2.24, 2.45) is 40.7 Å². The number of Topliss-reactive ketones (excluding diaryl/α,β-unsaturated/α-hetero) is 1. The molecule has 2 amide bonds. The first kappa shape index (κ1) is 38.2. The van der Waals surface area contributed by atoms with E-state index in [1.165, 1.54) is 6.08 Å². The second-order valence-electron chi connectivity index (χ2n) is 10.5. The molecule has 12 nitrogen and oxygen atoms in total. The van der Waals surface area contributed by atoms with E-state index in [0.29, 0.717) is 5.56 Å². The van der Waals surface area contributed by atoms with Crippen molar-refractivity contribution in [2.45, 2.75) is 59.2 Å². The third-order valence-electron chi connectivity index (χ3n) is 6.11. The van der Waals surface area contributed by atoms with E-state index in [9.17, 15) is 42.7 Å². The number of aliphatic carboxylic acids is 2. The van der Waals surface area contributed by atoms with Crippen molar-refractivity contribution in [3.8, 4) is 0 Å². The molecule has 0 bridgehead atoms. The maximum absolute atomic E-state index is 14.0. The second kappa shape index (κ2) is 17.2. The summed E-state index contributed by atoms with van der Waals surface area (Å²) < 4.78 is 31.7. The van der Waals surface area contributed by atoms with Gasteiger partial charge in [-0.05, 0) is 30.2 Å². The zero-order chi connectivity index (χ0) is 32.8. The number of benzene rings is 1. The lowest BCUT2D eigenvalue weighted by Crippen LogP contribution is -2.57. The summed E-state index contributed by atoms with van der Waals surface area (Å²) in [5.41, 5.74) is 8.72. The zero-order valence-corrected chi connectivity index (χ0v) is 23.7. The van der Waals surface area contributed by atoms with Crippen molar-refractivity contribution in [1.29, 1.82) is 0 Å². The molecule has 1 aromatic carbocycles. The number of ketones is 1. The van der Waals surface area contributed by atoms with Gasteiger partial charge in [-0.15, -0.1) is 0 Å². The molecule has 42 heavy (non-hydrogen) atoms. The van der Waals surface area contributed by atoms with E-state index in [2.05, 4.69) is 5.43 Å². The van der Waals surface area contributed by atoms with E-state index in [1.807, 2.05) is 33.8 Å². The van der Waals surface area contributed by atoms with Gasteiger partial charge >= 0.3 is 18.1 Å². The van der Waals surface area contributed by atoms with Crippen molar-refractivity contribution in [2.75, 3.05) is 0 Å². The van der Waals surface area contributed by atoms with E-state index in [1.54, 1.807) is 35.8 Å². The molecule has 0 aliphatic carbocycles. The van der Waals surface area contributed by atoms with E-state index in [-0.39, 0.29) is 24.7 Å². The minimum Gasteiger partial charge on any atom is -0.481 e. The number of hydrazine groups is 1. The van der Waals surface area contributed by atoms with E-state index in [0.717, 1.165) is 0 Å². The van der Waals surface area contributed by atoms with Gasteiger partial charge in [0.1, 0.15) is 0 Å². The molecular weight excluding hydrogens is 565 g/mol. The molecule has 1 rings (SSSR count). The highest BCUT2D eigenvalue weighted by atomic mass is 19.4. The molecule has 0 saturated heterocycles. The van der Waals surface area contributed by atoms with Crippen molar-refractivity contribution < 1.29 is 52.6 Å². The number of carboxylic acids is 2.